The third-order valence-corrected chi connectivity index (χ3v) is 3.64. The summed E-state index contributed by atoms with van der Waals surface area (Å²) in [6.07, 6.45) is 1.81. The molecule has 7 heteroatoms. The molecule has 0 aliphatic carbocycles. The highest BCUT2D eigenvalue weighted by atomic mass is 79.9. The fourth-order valence-electron chi connectivity index (χ4n) is 1.44. The molecular weight excluding hydrogens is 442 g/mol. The molecule has 0 unspecified atom stereocenters. The van der Waals surface area contributed by atoms with Crippen LogP contribution in [0.1, 0.15) is 5.56 Å². The molecule has 4 nitrogen and oxygen atoms in total. The summed E-state index contributed by atoms with van der Waals surface area (Å²) in [6.45, 7) is 0. The van der Waals surface area contributed by atoms with Gasteiger partial charge in [0.25, 0.3) is 0 Å². The summed E-state index contributed by atoms with van der Waals surface area (Å²) in [5.41, 5.74) is 0.924. The largest absolute Gasteiger partial charge is 0.308 e. The van der Waals surface area contributed by atoms with Crippen molar-refractivity contribution in [3.05, 3.63) is 49.7 Å². The minimum atomic E-state index is -0.143. The summed E-state index contributed by atoms with van der Waals surface area (Å²) in [4.78, 5) is 20.1. The van der Waals surface area contributed by atoms with E-state index in [1.165, 1.54) is 6.20 Å². The molecule has 19 heavy (non-hydrogen) atoms. The Hall–Kier alpha value is -0.790. The van der Waals surface area contributed by atoms with Gasteiger partial charge in [0, 0.05) is 4.47 Å². The van der Waals surface area contributed by atoms with Gasteiger partial charge in [-0.15, -0.1) is 0 Å². The molecule has 0 aliphatic heterocycles. The second-order valence-corrected chi connectivity index (χ2v) is 6.17. The van der Waals surface area contributed by atoms with Crippen molar-refractivity contribution < 1.29 is 4.79 Å². The standard InChI is InChI=1S/C12H8Br3N3O/c13-8-3-1-2-7(4-8)5-10(19)18-12-11(15)17-9(14)6-16-12/h1-4,6H,5H2,(H,16,18,19). The van der Waals surface area contributed by atoms with E-state index in [-0.39, 0.29) is 12.3 Å². The van der Waals surface area contributed by atoms with Gasteiger partial charge >= 0.3 is 0 Å². The number of hydrogen-bond acceptors (Lipinski definition) is 3. The first kappa shape index (κ1) is 14.6. The molecule has 1 amide bonds. The smallest absolute Gasteiger partial charge is 0.230 e. The SMILES string of the molecule is O=C(Cc1cccc(Br)c1)Nc1ncc(Br)nc1Br. The summed E-state index contributed by atoms with van der Waals surface area (Å²) in [5.74, 6) is 0.263. The van der Waals surface area contributed by atoms with E-state index >= 15 is 0 Å². The van der Waals surface area contributed by atoms with Gasteiger partial charge in [0.2, 0.25) is 5.91 Å². The molecule has 2 rings (SSSR count). The lowest BCUT2D eigenvalue weighted by Gasteiger charge is -2.06. The molecule has 1 heterocycles. The molecule has 0 saturated heterocycles. The highest BCUT2D eigenvalue weighted by molar-refractivity contribution is 9.11. The number of halogens is 3. The van der Waals surface area contributed by atoms with E-state index in [4.69, 9.17) is 0 Å². The number of amides is 1. The van der Waals surface area contributed by atoms with E-state index in [9.17, 15) is 4.79 Å². The van der Waals surface area contributed by atoms with Gasteiger partial charge in [-0.25, -0.2) is 9.97 Å². The average Bonchev–Trinajstić information content (AvgIpc) is 2.33. The van der Waals surface area contributed by atoms with Gasteiger partial charge in [-0.2, -0.15) is 0 Å². The number of hydrogen-bond donors (Lipinski definition) is 1. The number of nitrogens with zero attached hydrogens (tertiary/aromatic N) is 2. The first-order valence-electron chi connectivity index (χ1n) is 5.27. The average molecular weight is 450 g/mol. The predicted octanol–water partition coefficient (Wildman–Crippen LogP) is 3.95. The Bertz CT molecular complexity index is 619. The molecule has 0 saturated carbocycles. The molecule has 1 N–H and O–H groups in total. The van der Waals surface area contributed by atoms with Crippen molar-refractivity contribution in [2.45, 2.75) is 6.42 Å². The molecule has 1 aromatic heterocycles. The van der Waals surface area contributed by atoms with Crippen molar-refractivity contribution in [1.82, 2.24) is 9.97 Å². The lowest BCUT2D eigenvalue weighted by atomic mass is 10.1. The van der Waals surface area contributed by atoms with Gasteiger partial charge in [0.15, 0.2) is 5.82 Å². The second kappa shape index (κ2) is 6.58. The van der Waals surface area contributed by atoms with Crippen LogP contribution in [0.2, 0.25) is 0 Å². The molecule has 0 spiro atoms. The first-order valence-corrected chi connectivity index (χ1v) is 7.65. The van der Waals surface area contributed by atoms with Crippen LogP contribution in [0, 0.1) is 0 Å². The maximum Gasteiger partial charge on any atom is 0.230 e. The topological polar surface area (TPSA) is 54.9 Å². The molecular formula is C12H8Br3N3O. The van der Waals surface area contributed by atoms with Gasteiger partial charge in [-0.1, -0.05) is 28.1 Å². The summed E-state index contributed by atoms with van der Waals surface area (Å²) in [5, 5.41) is 2.71. The van der Waals surface area contributed by atoms with E-state index in [0.717, 1.165) is 10.0 Å². The van der Waals surface area contributed by atoms with Crippen molar-refractivity contribution >= 4 is 59.5 Å². The molecule has 0 aliphatic rings. The molecule has 0 atom stereocenters. The monoisotopic (exact) mass is 447 g/mol. The number of nitrogens with one attached hydrogen (secondary N) is 1. The molecule has 0 bridgehead atoms. The van der Waals surface area contributed by atoms with Crippen LogP contribution in [0.5, 0.6) is 0 Å². The summed E-state index contributed by atoms with van der Waals surface area (Å²) >= 11 is 9.82. The van der Waals surface area contributed by atoms with Crippen molar-refractivity contribution in [1.29, 1.82) is 0 Å². The first-order chi connectivity index (χ1) is 9.04. The van der Waals surface area contributed by atoms with Gasteiger partial charge in [-0.3, -0.25) is 4.79 Å². The maximum atomic E-state index is 11.9. The molecule has 2 aromatic rings. The Morgan fingerprint density at radius 1 is 1.26 bits per heavy atom. The van der Waals surface area contributed by atoms with E-state index < -0.39 is 0 Å². The van der Waals surface area contributed by atoms with Crippen LogP contribution < -0.4 is 5.32 Å². The van der Waals surface area contributed by atoms with Crippen LogP contribution in [0.4, 0.5) is 5.82 Å². The highest BCUT2D eigenvalue weighted by Gasteiger charge is 2.09. The van der Waals surface area contributed by atoms with Crippen LogP contribution >= 0.6 is 47.8 Å². The number of carbonyl (C=O) groups excluding carboxylic acids is 1. The van der Waals surface area contributed by atoms with E-state index in [1.54, 1.807) is 0 Å². The zero-order chi connectivity index (χ0) is 13.8. The maximum absolute atomic E-state index is 11.9. The molecule has 0 fully saturated rings. The number of carbonyl (C=O) groups is 1. The van der Waals surface area contributed by atoms with Gasteiger partial charge in [0.1, 0.15) is 9.21 Å². The Balaban J connectivity index is 2.05. The fraction of sp³-hybridized carbons (Fsp3) is 0.0833. The summed E-state index contributed by atoms with van der Waals surface area (Å²) < 4.78 is 2.04. The summed E-state index contributed by atoms with van der Waals surface area (Å²) in [6, 6.07) is 7.61. The van der Waals surface area contributed by atoms with Crippen molar-refractivity contribution in [2.75, 3.05) is 5.32 Å². The minimum absolute atomic E-state index is 0.143. The lowest BCUT2D eigenvalue weighted by molar-refractivity contribution is -0.115. The van der Waals surface area contributed by atoms with Crippen LogP contribution in [0.15, 0.2) is 44.1 Å². The number of rotatable bonds is 3. The molecule has 1 aromatic carbocycles. The van der Waals surface area contributed by atoms with Crippen LogP contribution in [-0.4, -0.2) is 15.9 Å². The Morgan fingerprint density at radius 3 is 2.74 bits per heavy atom. The molecule has 0 radical (unpaired) electrons. The van der Waals surface area contributed by atoms with Crippen molar-refractivity contribution in [3.63, 3.8) is 0 Å². The quantitative estimate of drug-likeness (QED) is 0.772. The minimum Gasteiger partial charge on any atom is -0.308 e. The van der Waals surface area contributed by atoms with Gasteiger partial charge in [-0.05, 0) is 49.6 Å². The Labute approximate surface area is 135 Å². The van der Waals surface area contributed by atoms with Crippen LogP contribution in [-0.2, 0) is 11.2 Å². The number of anilines is 1. The Morgan fingerprint density at radius 2 is 2.05 bits per heavy atom. The Kier molecular flexibility index (Phi) is 5.06. The molecule has 98 valence electrons. The van der Waals surface area contributed by atoms with Gasteiger partial charge in [0.05, 0.1) is 12.6 Å². The third-order valence-electron chi connectivity index (χ3n) is 2.21. The number of aromatic nitrogens is 2. The second-order valence-electron chi connectivity index (χ2n) is 3.69. The van der Waals surface area contributed by atoms with Crippen molar-refractivity contribution in [3.8, 4) is 0 Å². The third kappa shape index (κ3) is 4.36. The van der Waals surface area contributed by atoms with E-state index in [2.05, 4.69) is 63.1 Å². The van der Waals surface area contributed by atoms with Crippen molar-refractivity contribution in [2.24, 2.45) is 0 Å². The van der Waals surface area contributed by atoms with Gasteiger partial charge < -0.3 is 5.32 Å². The normalized spacial score (nSPS) is 10.3. The van der Waals surface area contributed by atoms with E-state index in [0.29, 0.717) is 15.0 Å². The van der Waals surface area contributed by atoms with Crippen LogP contribution in [0.3, 0.4) is 0 Å². The zero-order valence-corrected chi connectivity index (χ0v) is 14.3. The summed E-state index contributed by atoms with van der Waals surface area (Å²) in [7, 11) is 0. The lowest BCUT2D eigenvalue weighted by Crippen LogP contribution is -2.16. The van der Waals surface area contributed by atoms with E-state index in [1.807, 2.05) is 24.3 Å². The number of benzene rings is 1. The van der Waals surface area contributed by atoms with Crippen LogP contribution in [0.25, 0.3) is 0 Å². The highest BCUT2D eigenvalue weighted by Crippen LogP contribution is 2.19. The predicted molar refractivity (Wildman–Crippen MR) is 83.9 cm³/mol. The zero-order valence-electron chi connectivity index (χ0n) is 9.53. The fourth-order valence-corrected chi connectivity index (χ4v) is 2.80.